The third-order valence-electron chi connectivity index (χ3n) is 0.113. The molecule has 0 saturated heterocycles. The summed E-state index contributed by atoms with van der Waals surface area (Å²) in [6.07, 6.45) is 0.523. The molecule has 0 aliphatic carbocycles. The summed E-state index contributed by atoms with van der Waals surface area (Å²) in [6, 6.07) is 0. The zero-order chi connectivity index (χ0) is 4.12. The molecule has 0 atom stereocenters. The third-order valence-corrected chi connectivity index (χ3v) is 0.284. The van der Waals surface area contributed by atoms with Crippen molar-refractivity contribution in [3.8, 4) is 0 Å². The molecule has 0 aromatic heterocycles. The Balaban J connectivity index is 2.40. The minimum atomic E-state index is 0.523. The van der Waals surface area contributed by atoms with Gasteiger partial charge in [-0.3, -0.25) is 0 Å². The normalized spacial score (nSPS) is 6.60. The van der Waals surface area contributed by atoms with Crippen LogP contribution in [0.4, 0.5) is 0 Å². The van der Waals surface area contributed by atoms with Gasteiger partial charge in [0.15, 0.2) is 0 Å². The number of rotatable bonds is 2. The van der Waals surface area contributed by atoms with Crippen LogP contribution in [0.1, 0.15) is 0 Å². The van der Waals surface area contributed by atoms with E-state index in [4.69, 9.17) is 0 Å². The van der Waals surface area contributed by atoms with Crippen LogP contribution in [-0.4, -0.2) is 6.41 Å². The molecule has 0 aliphatic heterocycles. The number of hydrogen-bond acceptors (Lipinski definition) is 2. The Kier molecular flexibility index (Phi) is 3.91. The van der Waals surface area contributed by atoms with Gasteiger partial charge in [-0.25, -0.2) is 0 Å². The monoisotopic (exact) mass is 114 g/mol. The summed E-state index contributed by atoms with van der Waals surface area (Å²) in [5, 5.41) is 0. The molecule has 0 aliphatic rings. The van der Waals surface area contributed by atoms with Gasteiger partial charge < -0.3 is 0 Å². The van der Waals surface area contributed by atoms with Crippen LogP contribution in [0.5, 0.6) is 0 Å². The van der Waals surface area contributed by atoms with Crippen LogP contribution >= 0.6 is 0 Å². The molecule has 4 heteroatoms. The molecule has 0 rings (SSSR count). The zero-order valence-corrected chi connectivity index (χ0v) is 3.54. The Hall–Kier alpha value is -0.0505. The number of hydrazine groups is 1. The fourth-order valence-corrected chi connectivity index (χ4v) is 0.0918. The Labute approximate surface area is 38.1 Å². The number of nitrogens with one attached hydrogen (secondary N) is 2. The molecule has 2 N–H and O–H groups in total. The van der Waals surface area contributed by atoms with Crippen molar-refractivity contribution in [2.75, 3.05) is 0 Å². The van der Waals surface area contributed by atoms with Crippen molar-refractivity contribution in [1.82, 2.24) is 9.87 Å². The standard InChI is InChI=1S/CH3N2O.Mn/c2-3-1-4;/h1-2H,(H,3,4);/q-1;+1. The van der Waals surface area contributed by atoms with Crippen LogP contribution in [0.15, 0.2) is 0 Å². The van der Waals surface area contributed by atoms with Gasteiger partial charge in [-0.15, -0.1) is 0 Å². The van der Waals surface area contributed by atoms with E-state index in [2.05, 4.69) is 26.1 Å². The summed E-state index contributed by atoms with van der Waals surface area (Å²) >= 11 is 2.72. The van der Waals surface area contributed by atoms with E-state index in [-0.39, 0.29) is 0 Å². The van der Waals surface area contributed by atoms with Crippen molar-refractivity contribution in [3.63, 3.8) is 0 Å². The zero-order valence-electron chi connectivity index (χ0n) is 2.36. The fraction of sp³-hybridized carbons (Fsp3) is 0. The molecular weight excluding hydrogens is 111 g/mol. The van der Waals surface area contributed by atoms with Crippen LogP contribution in [0, 0.1) is 0 Å². The topological polar surface area (TPSA) is 41.1 Å². The summed E-state index contributed by atoms with van der Waals surface area (Å²) in [5.41, 5.74) is 2.10. The third kappa shape index (κ3) is 3.95. The molecule has 0 fully saturated rings. The average molecular weight is 114 g/mol. The van der Waals surface area contributed by atoms with Gasteiger partial charge in [0.2, 0.25) is 0 Å². The van der Waals surface area contributed by atoms with Gasteiger partial charge in [0, 0.05) is 0 Å². The first-order chi connectivity index (χ1) is 2.41. The van der Waals surface area contributed by atoms with E-state index < -0.39 is 0 Å². The predicted octanol–water partition coefficient (Wildman–Crippen LogP) is -1.30. The first-order valence-electron chi connectivity index (χ1n) is 0.963. The first-order valence-corrected chi connectivity index (χ1v) is 1.55. The Morgan fingerprint density at radius 3 is 2.40 bits per heavy atom. The summed E-state index contributed by atoms with van der Waals surface area (Å²) in [7, 11) is 0. The van der Waals surface area contributed by atoms with Crippen molar-refractivity contribution in [2.45, 2.75) is 0 Å². The van der Waals surface area contributed by atoms with Crippen LogP contribution in [-0.2, 0) is 21.0 Å². The second-order valence-electron chi connectivity index (χ2n) is 0.357. The van der Waals surface area contributed by atoms with Gasteiger partial charge in [-0.2, -0.15) is 0 Å². The minimum absolute atomic E-state index is 0.523. The molecule has 0 saturated carbocycles. The molecule has 0 bridgehead atoms. The van der Waals surface area contributed by atoms with Crippen molar-refractivity contribution in [2.24, 2.45) is 0 Å². The van der Waals surface area contributed by atoms with Crippen molar-refractivity contribution in [3.05, 3.63) is 0 Å². The molecule has 5 heavy (non-hydrogen) atoms. The number of carbonyl (C=O) groups excluding carboxylic acids is 1. The molecule has 0 radical (unpaired) electrons. The van der Waals surface area contributed by atoms with Crippen LogP contribution < -0.4 is 9.87 Å². The van der Waals surface area contributed by atoms with E-state index >= 15 is 0 Å². The Morgan fingerprint density at radius 2 is 2.40 bits per heavy atom. The number of amides is 1. The van der Waals surface area contributed by atoms with E-state index in [1.165, 1.54) is 0 Å². The van der Waals surface area contributed by atoms with E-state index in [9.17, 15) is 4.79 Å². The first kappa shape index (κ1) is 4.95. The maximum absolute atomic E-state index is 9.20. The molecule has 0 unspecified atom stereocenters. The fourth-order valence-electron chi connectivity index (χ4n) is 0.0223. The molecule has 0 heterocycles. The maximum atomic E-state index is 9.20. The quantitative estimate of drug-likeness (QED) is 0.266. The van der Waals surface area contributed by atoms with Crippen molar-refractivity contribution >= 4 is 6.41 Å². The molecule has 0 aromatic carbocycles. The summed E-state index contributed by atoms with van der Waals surface area (Å²) in [5.74, 6) is 0. The molecule has 0 aromatic rings. The Morgan fingerprint density at radius 1 is 1.80 bits per heavy atom. The summed E-state index contributed by atoms with van der Waals surface area (Å²) < 4.78 is 2.21. The second kappa shape index (κ2) is 3.95. The Bertz CT molecular complexity index is 30.8. The van der Waals surface area contributed by atoms with E-state index in [1.807, 2.05) is 0 Å². The summed E-state index contributed by atoms with van der Waals surface area (Å²) in [6.45, 7) is 0. The predicted molar refractivity (Wildman–Crippen MR) is 12.3 cm³/mol. The van der Waals surface area contributed by atoms with E-state index in [1.54, 1.807) is 0 Å². The van der Waals surface area contributed by atoms with E-state index in [0.717, 1.165) is 0 Å². The van der Waals surface area contributed by atoms with Gasteiger partial charge in [-0.1, -0.05) is 0 Å². The van der Waals surface area contributed by atoms with Crippen molar-refractivity contribution in [1.29, 1.82) is 0 Å². The SMILES string of the molecule is O=CN[NH][Mn]. The number of carbonyl (C=O) groups is 1. The van der Waals surface area contributed by atoms with Gasteiger partial charge in [-0.05, 0) is 0 Å². The average Bonchev–Trinajstić information content (AvgIpc) is 1.41. The van der Waals surface area contributed by atoms with E-state index in [0.29, 0.717) is 6.41 Å². The molecule has 0 spiro atoms. The van der Waals surface area contributed by atoms with Crippen LogP contribution in [0.25, 0.3) is 0 Å². The van der Waals surface area contributed by atoms with Crippen LogP contribution in [0.3, 0.4) is 0 Å². The molecule has 3 nitrogen and oxygen atoms in total. The van der Waals surface area contributed by atoms with Gasteiger partial charge in [0.1, 0.15) is 0 Å². The van der Waals surface area contributed by atoms with Gasteiger partial charge in [0.05, 0.1) is 0 Å². The van der Waals surface area contributed by atoms with Gasteiger partial charge in [0.25, 0.3) is 0 Å². The van der Waals surface area contributed by atoms with Crippen LogP contribution in [0.2, 0.25) is 0 Å². The molecular formula is CH3MnN2O. The number of hydrogen-bond donors (Lipinski definition) is 2. The second-order valence-corrected chi connectivity index (χ2v) is 0.652. The van der Waals surface area contributed by atoms with Gasteiger partial charge >= 0.3 is 37.3 Å². The molecule has 30 valence electrons. The van der Waals surface area contributed by atoms with Crippen molar-refractivity contribution < 1.29 is 21.0 Å². The molecule has 1 amide bonds. The summed E-state index contributed by atoms with van der Waals surface area (Å²) in [4.78, 5) is 9.20.